The Morgan fingerprint density at radius 3 is 2.72 bits per heavy atom. The summed E-state index contributed by atoms with van der Waals surface area (Å²) in [5.74, 6) is -1.06. The molecule has 3 rings (SSSR count). The Morgan fingerprint density at radius 2 is 2.00 bits per heavy atom. The quantitative estimate of drug-likeness (QED) is 0.644. The Kier molecular flexibility index (Phi) is 5.23. The normalized spacial score (nSPS) is 10.7. The molecule has 2 aromatic heterocycles. The minimum Gasteiger partial charge on any atom is -0.487 e. The van der Waals surface area contributed by atoms with E-state index in [0.29, 0.717) is 6.54 Å². The highest BCUT2D eigenvalue weighted by atomic mass is 79.9. The number of aromatic nitrogens is 2. The van der Waals surface area contributed by atoms with E-state index in [-0.39, 0.29) is 28.0 Å². The lowest BCUT2D eigenvalue weighted by Gasteiger charge is -2.11. The lowest BCUT2D eigenvalue weighted by Crippen LogP contribution is -2.21. The molecule has 0 aliphatic rings. The third-order valence-electron chi connectivity index (χ3n) is 3.53. The van der Waals surface area contributed by atoms with Crippen LogP contribution in [-0.2, 0) is 13.2 Å². The molecule has 0 bridgehead atoms. The summed E-state index contributed by atoms with van der Waals surface area (Å²) in [4.78, 5) is 16.6. The van der Waals surface area contributed by atoms with Gasteiger partial charge in [-0.25, -0.2) is 8.78 Å². The van der Waals surface area contributed by atoms with Gasteiger partial charge in [0.25, 0.3) is 5.56 Å². The minimum absolute atomic E-state index is 0.117. The Balaban J connectivity index is 1.77. The Hall–Kier alpha value is -2.54. The summed E-state index contributed by atoms with van der Waals surface area (Å²) in [6, 6.07) is 10.3. The number of halogens is 3. The summed E-state index contributed by atoms with van der Waals surface area (Å²) in [6.45, 7) is 0.208. The van der Waals surface area contributed by atoms with Gasteiger partial charge >= 0.3 is 0 Å². The van der Waals surface area contributed by atoms with Crippen LogP contribution in [0.1, 0.15) is 11.3 Å². The number of rotatable bonds is 5. The molecule has 0 aliphatic carbocycles. The summed E-state index contributed by atoms with van der Waals surface area (Å²) < 4.78 is 33.8. The first-order valence-corrected chi connectivity index (χ1v) is 8.19. The van der Waals surface area contributed by atoms with Crippen LogP contribution in [0.5, 0.6) is 5.75 Å². The van der Waals surface area contributed by atoms with E-state index in [1.165, 1.54) is 10.6 Å². The molecule has 128 valence electrons. The molecule has 4 nitrogen and oxygen atoms in total. The SMILES string of the molecule is O=c1c(Br)c(OCc2ccc(F)cc2F)ccn1Cc1ccccn1. The van der Waals surface area contributed by atoms with Gasteiger partial charge in [0, 0.05) is 24.0 Å². The summed E-state index contributed by atoms with van der Waals surface area (Å²) in [7, 11) is 0. The Labute approximate surface area is 150 Å². The highest BCUT2D eigenvalue weighted by Crippen LogP contribution is 2.22. The molecule has 0 atom stereocenters. The fourth-order valence-corrected chi connectivity index (χ4v) is 2.70. The van der Waals surface area contributed by atoms with Gasteiger partial charge in [-0.15, -0.1) is 0 Å². The zero-order chi connectivity index (χ0) is 17.8. The zero-order valence-corrected chi connectivity index (χ0v) is 14.5. The van der Waals surface area contributed by atoms with Crippen LogP contribution in [0.2, 0.25) is 0 Å². The highest BCUT2D eigenvalue weighted by molar-refractivity contribution is 9.10. The van der Waals surface area contributed by atoms with Crippen molar-refractivity contribution in [3.05, 3.63) is 92.6 Å². The van der Waals surface area contributed by atoms with Crippen molar-refractivity contribution in [3.63, 3.8) is 0 Å². The molecule has 25 heavy (non-hydrogen) atoms. The molecule has 0 radical (unpaired) electrons. The Morgan fingerprint density at radius 1 is 1.16 bits per heavy atom. The second-order valence-electron chi connectivity index (χ2n) is 5.27. The maximum absolute atomic E-state index is 13.6. The fraction of sp³-hybridized carbons (Fsp3) is 0.111. The first kappa shape index (κ1) is 17.3. The number of hydrogen-bond donors (Lipinski definition) is 0. The third kappa shape index (κ3) is 4.11. The lowest BCUT2D eigenvalue weighted by atomic mass is 10.2. The van der Waals surface area contributed by atoms with Crippen LogP contribution in [0, 0.1) is 11.6 Å². The van der Waals surface area contributed by atoms with E-state index in [1.54, 1.807) is 24.5 Å². The maximum Gasteiger partial charge on any atom is 0.269 e. The van der Waals surface area contributed by atoms with Crippen molar-refractivity contribution in [2.75, 3.05) is 0 Å². The van der Waals surface area contributed by atoms with Gasteiger partial charge in [0.1, 0.15) is 28.5 Å². The number of ether oxygens (including phenoxy) is 1. The monoisotopic (exact) mass is 406 g/mol. The van der Waals surface area contributed by atoms with Crippen LogP contribution < -0.4 is 10.3 Å². The summed E-state index contributed by atoms with van der Waals surface area (Å²) in [5.41, 5.74) is 0.659. The van der Waals surface area contributed by atoms with Crippen LogP contribution in [0.15, 0.2) is 64.1 Å². The summed E-state index contributed by atoms with van der Waals surface area (Å²) in [5, 5.41) is 0. The number of pyridine rings is 2. The van der Waals surface area contributed by atoms with E-state index in [1.807, 2.05) is 12.1 Å². The smallest absolute Gasteiger partial charge is 0.269 e. The highest BCUT2D eigenvalue weighted by Gasteiger charge is 2.11. The molecule has 1 aromatic carbocycles. The van der Waals surface area contributed by atoms with E-state index < -0.39 is 11.6 Å². The van der Waals surface area contributed by atoms with Gasteiger partial charge < -0.3 is 9.30 Å². The standard InChI is InChI=1S/C18H13BrF2N2O2/c19-17-16(25-11-12-4-5-13(20)9-15(12)21)6-8-23(18(17)24)10-14-3-1-2-7-22-14/h1-9H,10-11H2. The van der Waals surface area contributed by atoms with Crippen LogP contribution in [0.4, 0.5) is 8.78 Å². The number of benzene rings is 1. The molecule has 0 aliphatic heterocycles. The van der Waals surface area contributed by atoms with Crippen molar-refractivity contribution < 1.29 is 13.5 Å². The van der Waals surface area contributed by atoms with E-state index >= 15 is 0 Å². The largest absolute Gasteiger partial charge is 0.487 e. The molecule has 3 aromatic rings. The second-order valence-corrected chi connectivity index (χ2v) is 6.07. The molecular weight excluding hydrogens is 394 g/mol. The van der Waals surface area contributed by atoms with Crippen molar-refractivity contribution >= 4 is 15.9 Å². The van der Waals surface area contributed by atoms with Gasteiger partial charge in [0.15, 0.2) is 0 Å². The topological polar surface area (TPSA) is 44.1 Å². The van der Waals surface area contributed by atoms with Crippen LogP contribution in [0.25, 0.3) is 0 Å². The molecule has 7 heteroatoms. The van der Waals surface area contributed by atoms with Gasteiger partial charge in [-0.2, -0.15) is 0 Å². The minimum atomic E-state index is -0.695. The number of nitrogens with zero attached hydrogens (tertiary/aromatic N) is 2. The van der Waals surface area contributed by atoms with E-state index in [0.717, 1.165) is 17.8 Å². The van der Waals surface area contributed by atoms with Crippen molar-refractivity contribution in [1.82, 2.24) is 9.55 Å². The van der Waals surface area contributed by atoms with Crippen molar-refractivity contribution in [1.29, 1.82) is 0 Å². The average molecular weight is 407 g/mol. The average Bonchev–Trinajstić information content (AvgIpc) is 2.61. The van der Waals surface area contributed by atoms with E-state index in [9.17, 15) is 13.6 Å². The lowest BCUT2D eigenvalue weighted by molar-refractivity contribution is 0.296. The van der Waals surface area contributed by atoms with E-state index in [4.69, 9.17) is 4.74 Å². The fourth-order valence-electron chi connectivity index (χ4n) is 2.23. The molecular formula is C18H13BrF2N2O2. The first-order valence-electron chi connectivity index (χ1n) is 7.40. The summed E-state index contributed by atoms with van der Waals surface area (Å²) in [6.07, 6.45) is 3.24. The van der Waals surface area contributed by atoms with Gasteiger partial charge in [0.2, 0.25) is 0 Å². The molecule has 0 fully saturated rings. The van der Waals surface area contributed by atoms with Crippen LogP contribution in [-0.4, -0.2) is 9.55 Å². The van der Waals surface area contributed by atoms with Crippen LogP contribution in [0.3, 0.4) is 0 Å². The second kappa shape index (κ2) is 7.57. The third-order valence-corrected chi connectivity index (χ3v) is 4.26. The van der Waals surface area contributed by atoms with Crippen LogP contribution >= 0.6 is 15.9 Å². The molecule has 0 N–H and O–H groups in total. The predicted octanol–water partition coefficient (Wildman–Crippen LogP) is 3.91. The zero-order valence-electron chi connectivity index (χ0n) is 13.0. The van der Waals surface area contributed by atoms with Gasteiger partial charge in [-0.3, -0.25) is 9.78 Å². The molecule has 0 amide bonds. The van der Waals surface area contributed by atoms with Gasteiger partial charge in [-0.05, 0) is 46.3 Å². The Bertz CT molecular complexity index is 946. The van der Waals surface area contributed by atoms with Gasteiger partial charge in [-0.1, -0.05) is 6.07 Å². The number of hydrogen-bond acceptors (Lipinski definition) is 3. The predicted molar refractivity (Wildman–Crippen MR) is 92.4 cm³/mol. The van der Waals surface area contributed by atoms with E-state index in [2.05, 4.69) is 20.9 Å². The van der Waals surface area contributed by atoms with Gasteiger partial charge in [0.05, 0.1) is 12.2 Å². The molecule has 0 saturated carbocycles. The molecule has 0 saturated heterocycles. The van der Waals surface area contributed by atoms with Crippen molar-refractivity contribution in [3.8, 4) is 5.75 Å². The molecule has 0 unspecified atom stereocenters. The molecule has 2 heterocycles. The molecule has 0 spiro atoms. The maximum atomic E-state index is 13.6. The van der Waals surface area contributed by atoms with Crippen molar-refractivity contribution in [2.24, 2.45) is 0 Å². The summed E-state index contributed by atoms with van der Waals surface area (Å²) >= 11 is 3.22. The first-order chi connectivity index (χ1) is 12.0. The van der Waals surface area contributed by atoms with Crippen molar-refractivity contribution in [2.45, 2.75) is 13.2 Å².